The van der Waals surface area contributed by atoms with E-state index in [1.165, 1.54) is 0 Å². The van der Waals surface area contributed by atoms with Gasteiger partial charge in [0.05, 0.1) is 5.71 Å². The SMILES string of the molecule is CNCCC(Oc1cccc(N/C(C)=C2\C(=N)C(N(C)C)=NN=C2C)c1)c1cccc(C(N)=O)c1. The van der Waals surface area contributed by atoms with Gasteiger partial charge in [0, 0.05) is 49.1 Å². The maximum Gasteiger partial charge on any atom is 0.248 e. The lowest BCUT2D eigenvalue weighted by molar-refractivity contribution is 0.1000. The van der Waals surface area contributed by atoms with Crippen LogP contribution in [0, 0.1) is 5.41 Å². The predicted octanol–water partition coefficient (Wildman–Crippen LogP) is 3.57. The Morgan fingerprint density at radius 1 is 1.17 bits per heavy atom. The lowest BCUT2D eigenvalue weighted by Crippen LogP contribution is -2.35. The molecule has 1 atom stereocenters. The molecule has 0 fully saturated rings. The fourth-order valence-corrected chi connectivity index (χ4v) is 3.84. The van der Waals surface area contributed by atoms with E-state index in [2.05, 4.69) is 20.8 Å². The van der Waals surface area contributed by atoms with E-state index in [9.17, 15) is 4.79 Å². The number of nitrogens with two attached hydrogens (primary N) is 1. The van der Waals surface area contributed by atoms with Gasteiger partial charge in [-0.25, -0.2) is 0 Å². The number of hydrogen-bond acceptors (Lipinski definition) is 8. The Morgan fingerprint density at radius 3 is 2.60 bits per heavy atom. The van der Waals surface area contributed by atoms with Crippen molar-refractivity contribution in [2.24, 2.45) is 15.9 Å². The summed E-state index contributed by atoms with van der Waals surface area (Å²) in [5, 5.41) is 23.5. The zero-order valence-electron chi connectivity index (χ0n) is 20.8. The summed E-state index contributed by atoms with van der Waals surface area (Å²) < 4.78 is 6.36. The van der Waals surface area contributed by atoms with Gasteiger partial charge in [-0.15, -0.1) is 5.10 Å². The number of rotatable bonds is 9. The van der Waals surface area contributed by atoms with Crippen LogP contribution >= 0.6 is 0 Å². The van der Waals surface area contributed by atoms with Crippen LogP contribution in [-0.4, -0.2) is 55.8 Å². The van der Waals surface area contributed by atoms with Gasteiger partial charge in [-0.3, -0.25) is 10.2 Å². The van der Waals surface area contributed by atoms with E-state index in [1.807, 2.05) is 71.4 Å². The molecule has 0 saturated carbocycles. The minimum Gasteiger partial charge on any atom is -0.486 e. The van der Waals surface area contributed by atoms with Crippen molar-refractivity contribution in [1.29, 1.82) is 5.41 Å². The van der Waals surface area contributed by atoms with Crippen molar-refractivity contribution in [3.8, 4) is 5.75 Å². The Labute approximate surface area is 206 Å². The molecule has 0 saturated heterocycles. The quantitative estimate of drug-likeness (QED) is 0.441. The van der Waals surface area contributed by atoms with Gasteiger partial charge in [0.1, 0.15) is 17.6 Å². The maximum absolute atomic E-state index is 11.7. The minimum atomic E-state index is -0.469. The summed E-state index contributed by atoms with van der Waals surface area (Å²) in [6.45, 7) is 4.50. The Kier molecular flexibility index (Phi) is 8.38. The number of ether oxygens (including phenoxy) is 1. The van der Waals surface area contributed by atoms with Crippen molar-refractivity contribution in [1.82, 2.24) is 10.2 Å². The molecule has 2 aromatic carbocycles. The molecule has 0 aliphatic carbocycles. The van der Waals surface area contributed by atoms with Gasteiger partial charge in [-0.05, 0) is 57.3 Å². The average Bonchev–Trinajstić information content (AvgIpc) is 2.81. The second-order valence-electron chi connectivity index (χ2n) is 8.52. The number of primary amides is 1. The highest BCUT2D eigenvalue weighted by atomic mass is 16.5. The lowest BCUT2D eigenvalue weighted by atomic mass is 10.0. The smallest absolute Gasteiger partial charge is 0.248 e. The molecule has 1 heterocycles. The number of benzene rings is 2. The number of nitrogens with zero attached hydrogens (tertiary/aromatic N) is 3. The summed E-state index contributed by atoms with van der Waals surface area (Å²) in [7, 11) is 5.57. The van der Waals surface area contributed by atoms with Gasteiger partial charge >= 0.3 is 0 Å². The topological polar surface area (TPSA) is 128 Å². The van der Waals surface area contributed by atoms with Crippen LogP contribution in [0.2, 0.25) is 0 Å². The Hall–Kier alpha value is -3.98. The second kappa shape index (κ2) is 11.4. The minimum absolute atomic E-state index is 0.267. The van der Waals surface area contributed by atoms with Gasteiger partial charge in [0.2, 0.25) is 5.91 Å². The standard InChI is InChI=1S/C26H33N7O2/c1-16(23-17(2)31-32-26(24(23)27)33(4)5)30-20-10-7-11-21(15-20)35-22(12-13-29-3)18-8-6-9-19(14-18)25(28)34/h6-11,14-15,22,27,29-30H,12-13H2,1-5H3,(H2,28,34)/b23-16-,27-24?. The van der Waals surface area contributed by atoms with Crippen LogP contribution in [0.5, 0.6) is 5.75 Å². The van der Waals surface area contributed by atoms with Crippen molar-refractivity contribution in [3.05, 3.63) is 70.9 Å². The van der Waals surface area contributed by atoms with E-state index in [1.54, 1.807) is 17.0 Å². The first-order chi connectivity index (χ1) is 16.7. The van der Waals surface area contributed by atoms with Crippen LogP contribution in [0.3, 0.4) is 0 Å². The van der Waals surface area contributed by atoms with Crippen molar-refractivity contribution in [2.75, 3.05) is 33.0 Å². The van der Waals surface area contributed by atoms with Gasteiger partial charge in [-0.2, -0.15) is 5.10 Å². The van der Waals surface area contributed by atoms with Gasteiger partial charge in [-0.1, -0.05) is 18.2 Å². The number of allylic oxidation sites excluding steroid dienone is 1. The van der Waals surface area contributed by atoms with Crippen LogP contribution in [0.15, 0.2) is 70.0 Å². The van der Waals surface area contributed by atoms with E-state index in [-0.39, 0.29) is 6.10 Å². The van der Waals surface area contributed by atoms with Crippen LogP contribution < -0.4 is 21.1 Å². The molecular weight excluding hydrogens is 442 g/mol. The van der Waals surface area contributed by atoms with Crippen LogP contribution in [0.4, 0.5) is 5.69 Å². The summed E-state index contributed by atoms with van der Waals surface area (Å²) in [6.07, 6.45) is 0.440. The third-order valence-electron chi connectivity index (χ3n) is 5.57. The fourth-order valence-electron chi connectivity index (χ4n) is 3.84. The number of hydrogen-bond donors (Lipinski definition) is 4. The Bertz CT molecular complexity index is 1200. The molecule has 0 aromatic heterocycles. The molecular formula is C26H33N7O2. The summed E-state index contributed by atoms with van der Waals surface area (Å²) in [5.74, 6) is 0.718. The van der Waals surface area contributed by atoms with E-state index in [0.29, 0.717) is 40.6 Å². The molecule has 0 spiro atoms. The average molecular weight is 476 g/mol. The van der Waals surface area contributed by atoms with E-state index < -0.39 is 5.91 Å². The van der Waals surface area contributed by atoms with Crippen molar-refractivity contribution in [3.63, 3.8) is 0 Å². The lowest BCUT2D eigenvalue weighted by Gasteiger charge is -2.23. The first-order valence-corrected chi connectivity index (χ1v) is 11.4. The Morgan fingerprint density at radius 2 is 1.91 bits per heavy atom. The van der Waals surface area contributed by atoms with Gasteiger partial charge in [0.15, 0.2) is 5.84 Å². The molecule has 5 N–H and O–H groups in total. The molecule has 9 heteroatoms. The van der Waals surface area contributed by atoms with Crippen molar-refractivity contribution >= 4 is 28.9 Å². The number of amides is 1. The first kappa shape index (κ1) is 25.6. The van der Waals surface area contributed by atoms with Crippen molar-refractivity contribution < 1.29 is 9.53 Å². The fraction of sp³-hybridized carbons (Fsp3) is 0.308. The Balaban J connectivity index is 1.85. The summed E-state index contributed by atoms with van der Waals surface area (Å²) >= 11 is 0. The molecule has 1 amide bonds. The van der Waals surface area contributed by atoms with E-state index >= 15 is 0 Å². The van der Waals surface area contributed by atoms with Crippen LogP contribution in [0.1, 0.15) is 42.3 Å². The molecule has 1 aliphatic heterocycles. The highest BCUT2D eigenvalue weighted by Crippen LogP contribution is 2.28. The van der Waals surface area contributed by atoms with Crippen LogP contribution in [-0.2, 0) is 0 Å². The molecule has 184 valence electrons. The molecule has 1 unspecified atom stereocenters. The second-order valence-corrected chi connectivity index (χ2v) is 8.52. The first-order valence-electron chi connectivity index (χ1n) is 11.4. The number of carbonyl (C=O) groups is 1. The third kappa shape index (κ3) is 6.33. The highest BCUT2D eigenvalue weighted by Gasteiger charge is 2.23. The zero-order chi connectivity index (χ0) is 25.5. The maximum atomic E-state index is 11.7. The van der Waals surface area contributed by atoms with E-state index in [0.717, 1.165) is 23.5 Å². The molecule has 35 heavy (non-hydrogen) atoms. The zero-order valence-corrected chi connectivity index (χ0v) is 20.8. The molecule has 9 nitrogen and oxygen atoms in total. The molecule has 0 radical (unpaired) electrons. The number of nitrogens with one attached hydrogen (secondary N) is 3. The summed E-state index contributed by atoms with van der Waals surface area (Å²) in [5.41, 5.74) is 10.1. The number of anilines is 1. The van der Waals surface area contributed by atoms with Crippen LogP contribution in [0.25, 0.3) is 0 Å². The third-order valence-corrected chi connectivity index (χ3v) is 5.57. The van der Waals surface area contributed by atoms with Gasteiger partial charge < -0.3 is 26.0 Å². The molecule has 2 aromatic rings. The molecule has 1 aliphatic rings. The highest BCUT2D eigenvalue weighted by molar-refractivity contribution is 6.53. The molecule has 3 rings (SSSR count). The number of carbonyl (C=O) groups excluding carboxylic acids is 1. The van der Waals surface area contributed by atoms with Gasteiger partial charge in [0.25, 0.3) is 0 Å². The number of amidine groups is 1. The summed E-state index contributed by atoms with van der Waals surface area (Å²) in [6, 6.07) is 14.9. The largest absolute Gasteiger partial charge is 0.486 e. The van der Waals surface area contributed by atoms with E-state index in [4.69, 9.17) is 15.9 Å². The predicted molar refractivity (Wildman–Crippen MR) is 142 cm³/mol. The normalized spacial score (nSPS) is 15.6. The molecule has 0 bridgehead atoms. The monoisotopic (exact) mass is 475 g/mol. The summed E-state index contributed by atoms with van der Waals surface area (Å²) in [4.78, 5) is 13.4. The van der Waals surface area contributed by atoms with Crippen molar-refractivity contribution in [2.45, 2.75) is 26.4 Å².